The van der Waals surface area contributed by atoms with E-state index in [-0.39, 0.29) is 6.03 Å². The van der Waals surface area contributed by atoms with Crippen molar-refractivity contribution >= 4 is 11.7 Å². The molecule has 0 spiro atoms. The minimum absolute atomic E-state index is 0.233. The lowest BCUT2D eigenvalue weighted by Gasteiger charge is -2.08. The molecule has 5 heteroatoms. The van der Waals surface area contributed by atoms with Crippen LogP contribution in [0.3, 0.4) is 0 Å². The van der Waals surface area contributed by atoms with E-state index in [0.717, 1.165) is 35.5 Å². The van der Waals surface area contributed by atoms with E-state index in [1.165, 1.54) is 5.56 Å². The first kappa shape index (κ1) is 13.7. The lowest BCUT2D eigenvalue weighted by atomic mass is 10.1. The van der Waals surface area contributed by atoms with E-state index in [9.17, 15) is 4.79 Å². The largest absolute Gasteiger partial charge is 0.359 e. The lowest BCUT2D eigenvalue weighted by molar-refractivity contribution is 0.251. The van der Waals surface area contributed by atoms with Crippen molar-refractivity contribution in [2.24, 2.45) is 0 Å². The first-order chi connectivity index (χ1) is 10.1. The summed E-state index contributed by atoms with van der Waals surface area (Å²) in [6, 6.07) is 7.85. The van der Waals surface area contributed by atoms with Crippen LogP contribution in [0.1, 0.15) is 41.3 Å². The van der Waals surface area contributed by atoms with Crippen LogP contribution in [0, 0.1) is 13.8 Å². The Morgan fingerprint density at radius 1 is 1.29 bits per heavy atom. The zero-order valence-electron chi connectivity index (χ0n) is 12.3. The number of anilines is 1. The van der Waals surface area contributed by atoms with Gasteiger partial charge in [0.2, 0.25) is 0 Å². The second-order valence-electron chi connectivity index (χ2n) is 5.57. The number of hydrogen-bond donors (Lipinski definition) is 2. The predicted octanol–water partition coefficient (Wildman–Crippen LogP) is 3.49. The number of nitrogens with zero attached hydrogens (tertiary/aromatic N) is 1. The van der Waals surface area contributed by atoms with Gasteiger partial charge in [0, 0.05) is 12.5 Å². The van der Waals surface area contributed by atoms with Crippen molar-refractivity contribution in [3.8, 4) is 0 Å². The monoisotopic (exact) mass is 285 g/mol. The molecule has 1 aromatic heterocycles. The molecule has 1 aliphatic carbocycles. The highest BCUT2D eigenvalue weighted by Crippen LogP contribution is 2.44. The van der Waals surface area contributed by atoms with E-state index >= 15 is 0 Å². The Kier molecular flexibility index (Phi) is 3.64. The highest BCUT2D eigenvalue weighted by molar-refractivity contribution is 5.90. The highest BCUT2D eigenvalue weighted by Gasteiger charge is 2.32. The average molecular weight is 285 g/mol. The number of carbonyl (C=O) groups is 1. The third kappa shape index (κ3) is 3.24. The number of rotatable bonds is 4. The molecule has 110 valence electrons. The van der Waals surface area contributed by atoms with Gasteiger partial charge in [-0.25, -0.2) is 4.79 Å². The summed E-state index contributed by atoms with van der Waals surface area (Å²) in [5.41, 5.74) is 3.72. The Hall–Kier alpha value is -2.30. The van der Waals surface area contributed by atoms with Crippen LogP contribution < -0.4 is 10.6 Å². The van der Waals surface area contributed by atoms with Gasteiger partial charge in [-0.2, -0.15) is 0 Å². The second kappa shape index (κ2) is 5.60. The molecule has 2 N–H and O–H groups in total. The molecule has 2 aromatic rings. The molecule has 0 unspecified atom stereocenters. The highest BCUT2D eigenvalue weighted by atomic mass is 16.5. The van der Waals surface area contributed by atoms with Gasteiger partial charge in [0.1, 0.15) is 11.4 Å². The van der Waals surface area contributed by atoms with Crippen LogP contribution >= 0.6 is 0 Å². The molecule has 0 atom stereocenters. The number of urea groups is 1. The van der Waals surface area contributed by atoms with Crippen molar-refractivity contribution in [3.05, 3.63) is 46.8 Å². The number of amides is 2. The molecular formula is C16H19N3O2. The molecule has 1 aromatic carbocycles. The Labute approximate surface area is 123 Å². The Morgan fingerprint density at radius 2 is 2.00 bits per heavy atom. The van der Waals surface area contributed by atoms with Gasteiger partial charge in [-0.3, -0.25) is 0 Å². The van der Waals surface area contributed by atoms with E-state index in [1.54, 1.807) is 0 Å². The Balaban J connectivity index is 1.59. The standard InChI is InChI=1S/C16H19N3O2/c1-10-3-5-12(6-4-10)9-17-16(20)18-14-11(2)19-21-15(14)13-7-8-13/h3-6,13H,7-9H2,1-2H3,(H2,17,18,20). The molecule has 21 heavy (non-hydrogen) atoms. The van der Waals surface area contributed by atoms with Crippen molar-refractivity contribution in [2.75, 3.05) is 5.32 Å². The molecule has 1 saturated carbocycles. The van der Waals surface area contributed by atoms with Gasteiger partial charge in [-0.1, -0.05) is 35.0 Å². The molecule has 3 rings (SSSR count). The molecule has 0 bridgehead atoms. The van der Waals surface area contributed by atoms with Gasteiger partial charge in [0.05, 0.1) is 0 Å². The summed E-state index contributed by atoms with van der Waals surface area (Å²) >= 11 is 0. The zero-order valence-corrected chi connectivity index (χ0v) is 12.3. The van der Waals surface area contributed by atoms with Gasteiger partial charge < -0.3 is 15.2 Å². The van der Waals surface area contributed by atoms with Crippen LogP contribution in [0.4, 0.5) is 10.5 Å². The van der Waals surface area contributed by atoms with Crippen molar-refractivity contribution in [2.45, 2.75) is 39.2 Å². The van der Waals surface area contributed by atoms with Gasteiger partial charge in [-0.05, 0) is 32.3 Å². The Morgan fingerprint density at radius 3 is 2.67 bits per heavy atom. The van der Waals surface area contributed by atoms with Gasteiger partial charge in [0.15, 0.2) is 5.76 Å². The van der Waals surface area contributed by atoms with Crippen molar-refractivity contribution in [1.29, 1.82) is 0 Å². The number of nitrogens with one attached hydrogen (secondary N) is 2. The predicted molar refractivity (Wildman–Crippen MR) is 80.3 cm³/mol. The van der Waals surface area contributed by atoms with Gasteiger partial charge in [0.25, 0.3) is 0 Å². The van der Waals surface area contributed by atoms with Crippen LogP contribution in [0.25, 0.3) is 0 Å². The van der Waals surface area contributed by atoms with Crippen molar-refractivity contribution in [1.82, 2.24) is 10.5 Å². The van der Waals surface area contributed by atoms with Gasteiger partial charge >= 0.3 is 6.03 Å². The molecule has 0 radical (unpaired) electrons. The number of benzene rings is 1. The minimum atomic E-state index is -0.233. The SMILES string of the molecule is Cc1ccc(CNC(=O)Nc2c(C)noc2C2CC2)cc1. The number of aryl methyl sites for hydroxylation is 2. The molecule has 1 aliphatic rings. The summed E-state index contributed by atoms with van der Waals surface area (Å²) in [4.78, 5) is 12.0. The Bertz CT molecular complexity index is 642. The molecular weight excluding hydrogens is 266 g/mol. The lowest BCUT2D eigenvalue weighted by Crippen LogP contribution is -2.28. The maximum absolute atomic E-state index is 12.0. The second-order valence-corrected chi connectivity index (χ2v) is 5.57. The molecule has 0 aliphatic heterocycles. The average Bonchev–Trinajstić information content (AvgIpc) is 3.25. The minimum Gasteiger partial charge on any atom is -0.359 e. The van der Waals surface area contributed by atoms with Crippen LogP contribution in [-0.2, 0) is 6.54 Å². The van der Waals surface area contributed by atoms with Crippen molar-refractivity contribution in [3.63, 3.8) is 0 Å². The summed E-state index contributed by atoms with van der Waals surface area (Å²) in [6.07, 6.45) is 2.21. The third-order valence-electron chi connectivity index (χ3n) is 3.65. The summed E-state index contributed by atoms with van der Waals surface area (Å²) in [5, 5.41) is 9.65. The normalized spacial score (nSPS) is 14.0. The molecule has 1 heterocycles. The fourth-order valence-electron chi connectivity index (χ4n) is 2.21. The topological polar surface area (TPSA) is 67.2 Å². The van der Waals surface area contributed by atoms with Crippen LogP contribution in [0.2, 0.25) is 0 Å². The molecule has 0 saturated heterocycles. The fourth-order valence-corrected chi connectivity index (χ4v) is 2.21. The molecule has 5 nitrogen and oxygen atoms in total. The smallest absolute Gasteiger partial charge is 0.319 e. The molecule has 1 fully saturated rings. The van der Waals surface area contributed by atoms with Crippen LogP contribution in [-0.4, -0.2) is 11.2 Å². The number of aromatic nitrogens is 1. The van der Waals surface area contributed by atoms with Crippen LogP contribution in [0.5, 0.6) is 0 Å². The van der Waals surface area contributed by atoms with E-state index in [2.05, 4.69) is 15.8 Å². The molecule has 2 amide bonds. The van der Waals surface area contributed by atoms with E-state index in [0.29, 0.717) is 12.5 Å². The first-order valence-corrected chi connectivity index (χ1v) is 7.20. The van der Waals surface area contributed by atoms with E-state index in [1.807, 2.05) is 38.1 Å². The van der Waals surface area contributed by atoms with E-state index in [4.69, 9.17) is 4.52 Å². The summed E-state index contributed by atoms with van der Waals surface area (Å²) in [5.74, 6) is 1.22. The third-order valence-corrected chi connectivity index (χ3v) is 3.65. The van der Waals surface area contributed by atoms with Crippen LogP contribution in [0.15, 0.2) is 28.8 Å². The maximum atomic E-state index is 12.0. The zero-order chi connectivity index (χ0) is 14.8. The summed E-state index contributed by atoms with van der Waals surface area (Å²) < 4.78 is 5.30. The number of carbonyl (C=O) groups excluding carboxylic acids is 1. The summed E-state index contributed by atoms with van der Waals surface area (Å²) in [7, 11) is 0. The number of hydrogen-bond acceptors (Lipinski definition) is 3. The first-order valence-electron chi connectivity index (χ1n) is 7.20. The summed E-state index contributed by atoms with van der Waals surface area (Å²) in [6.45, 7) is 4.37. The maximum Gasteiger partial charge on any atom is 0.319 e. The van der Waals surface area contributed by atoms with E-state index < -0.39 is 0 Å². The van der Waals surface area contributed by atoms with Crippen molar-refractivity contribution < 1.29 is 9.32 Å². The quantitative estimate of drug-likeness (QED) is 0.903. The van der Waals surface area contributed by atoms with Gasteiger partial charge in [-0.15, -0.1) is 0 Å². The fraction of sp³-hybridized carbons (Fsp3) is 0.375.